The minimum absolute atomic E-state index is 0.0332. The molecule has 0 fully saturated rings. The Bertz CT molecular complexity index is 408. The molecule has 0 aromatic carbocycles. The van der Waals surface area contributed by atoms with Crippen LogP contribution in [0.5, 0.6) is 0 Å². The summed E-state index contributed by atoms with van der Waals surface area (Å²) in [5.74, 6) is 5.91. The summed E-state index contributed by atoms with van der Waals surface area (Å²) in [5.41, 5.74) is 0. The van der Waals surface area contributed by atoms with Gasteiger partial charge in [0.15, 0.2) is 8.32 Å². The summed E-state index contributed by atoms with van der Waals surface area (Å²) in [5, 5.41) is 0.162. The van der Waals surface area contributed by atoms with E-state index < -0.39 is 8.32 Å². The standard InChI is InChI=1S/C17H30O3Si/c1-8-9-10-12-15(13-11-14-16(18)19-5)20-21(6,7)17(2,3)4/h11,14-15H,8,12-13H2,1-7H3/b14-11-/t15-/m1/s1. The first-order valence-corrected chi connectivity index (χ1v) is 10.4. The van der Waals surface area contributed by atoms with Crippen molar-refractivity contribution in [1.29, 1.82) is 0 Å². The maximum absolute atomic E-state index is 11.1. The van der Waals surface area contributed by atoms with Gasteiger partial charge in [0.1, 0.15) is 0 Å². The molecule has 0 spiro atoms. The second kappa shape index (κ2) is 9.06. The predicted octanol–water partition coefficient (Wildman–Crippen LogP) is 4.30. The van der Waals surface area contributed by atoms with Gasteiger partial charge in [-0.2, -0.15) is 0 Å². The van der Waals surface area contributed by atoms with Crippen molar-refractivity contribution in [2.75, 3.05) is 7.11 Å². The van der Waals surface area contributed by atoms with Crippen molar-refractivity contribution in [3.05, 3.63) is 12.2 Å². The number of carbonyl (C=O) groups is 1. The fourth-order valence-electron chi connectivity index (χ4n) is 1.46. The number of methoxy groups -OCH3 is 1. The largest absolute Gasteiger partial charge is 0.466 e. The van der Waals surface area contributed by atoms with Crippen LogP contribution in [0.3, 0.4) is 0 Å². The van der Waals surface area contributed by atoms with Crippen LogP contribution in [0.15, 0.2) is 12.2 Å². The minimum atomic E-state index is -1.83. The van der Waals surface area contributed by atoms with E-state index in [2.05, 4.69) is 50.4 Å². The molecule has 4 heteroatoms. The number of esters is 1. The molecule has 0 bridgehead atoms. The Morgan fingerprint density at radius 3 is 2.38 bits per heavy atom. The quantitative estimate of drug-likeness (QED) is 0.317. The van der Waals surface area contributed by atoms with Crippen molar-refractivity contribution in [2.24, 2.45) is 0 Å². The van der Waals surface area contributed by atoms with E-state index in [9.17, 15) is 4.79 Å². The average molecular weight is 311 g/mol. The normalized spacial score (nSPS) is 13.7. The summed E-state index contributed by atoms with van der Waals surface area (Å²) in [6, 6.07) is 0. The first-order chi connectivity index (χ1) is 9.64. The molecule has 21 heavy (non-hydrogen) atoms. The summed E-state index contributed by atoms with van der Waals surface area (Å²) >= 11 is 0. The summed E-state index contributed by atoms with van der Waals surface area (Å²) in [6.07, 6.45) is 5.54. The van der Waals surface area contributed by atoms with Crippen LogP contribution in [0.1, 0.15) is 47.0 Å². The highest BCUT2D eigenvalue weighted by molar-refractivity contribution is 6.74. The maximum Gasteiger partial charge on any atom is 0.330 e. The number of ether oxygens (including phenoxy) is 1. The second-order valence-electron chi connectivity index (χ2n) is 6.57. The maximum atomic E-state index is 11.1. The van der Waals surface area contributed by atoms with Crippen molar-refractivity contribution < 1.29 is 14.0 Å². The molecule has 0 saturated carbocycles. The lowest BCUT2D eigenvalue weighted by Gasteiger charge is -2.38. The van der Waals surface area contributed by atoms with Crippen LogP contribution in [-0.4, -0.2) is 27.5 Å². The predicted molar refractivity (Wildman–Crippen MR) is 90.5 cm³/mol. The molecule has 0 amide bonds. The molecule has 0 heterocycles. The van der Waals surface area contributed by atoms with Gasteiger partial charge in [0.25, 0.3) is 0 Å². The Morgan fingerprint density at radius 1 is 1.29 bits per heavy atom. The molecule has 0 aromatic heterocycles. The third-order valence-corrected chi connectivity index (χ3v) is 8.29. The van der Waals surface area contributed by atoms with Crippen LogP contribution < -0.4 is 0 Å². The van der Waals surface area contributed by atoms with E-state index in [0.717, 1.165) is 6.42 Å². The molecule has 0 unspecified atom stereocenters. The molecule has 0 aliphatic rings. The van der Waals surface area contributed by atoms with E-state index in [1.165, 1.54) is 13.2 Å². The Kier molecular flexibility index (Phi) is 8.61. The van der Waals surface area contributed by atoms with Crippen LogP contribution in [0.25, 0.3) is 0 Å². The molecular formula is C17H30O3Si. The molecule has 0 aromatic rings. The number of hydrogen-bond acceptors (Lipinski definition) is 3. The highest BCUT2D eigenvalue weighted by atomic mass is 28.4. The third-order valence-electron chi connectivity index (χ3n) is 3.75. The molecule has 3 nitrogen and oxygen atoms in total. The van der Waals surface area contributed by atoms with Gasteiger partial charge in [-0.3, -0.25) is 0 Å². The van der Waals surface area contributed by atoms with Crippen molar-refractivity contribution in [1.82, 2.24) is 0 Å². The Hall–Kier alpha value is -1.05. The van der Waals surface area contributed by atoms with Gasteiger partial charge in [0.05, 0.1) is 13.2 Å². The van der Waals surface area contributed by atoms with Crippen LogP contribution in [-0.2, 0) is 14.0 Å². The third kappa shape index (κ3) is 8.08. The zero-order valence-electron chi connectivity index (χ0n) is 14.6. The fourth-order valence-corrected chi connectivity index (χ4v) is 2.83. The topological polar surface area (TPSA) is 35.5 Å². The first kappa shape index (κ1) is 19.9. The van der Waals surface area contributed by atoms with E-state index in [4.69, 9.17) is 4.43 Å². The highest BCUT2D eigenvalue weighted by Crippen LogP contribution is 2.37. The van der Waals surface area contributed by atoms with Crippen LogP contribution in [0.2, 0.25) is 18.1 Å². The van der Waals surface area contributed by atoms with Gasteiger partial charge >= 0.3 is 5.97 Å². The summed E-state index contributed by atoms with van der Waals surface area (Å²) < 4.78 is 11.0. The lowest BCUT2D eigenvalue weighted by atomic mass is 10.2. The monoisotopic (exact) mass is 310 g/mol. The summed E-state index contributed by atoms with van der Waals surface area (Å²) in [7, 11) is -0.454. The Morgan fingerprint density at radius 2 is 1.90 bits per heavy atom. The number of hydrogen-bond donors (Lipinski definition) is 0. The van der Waals surface area contributed by atoms with Gasteiger partial charge in [0.2, 0.25) is 0 Å². The molecule has 120 valence electrons. The van der Waals surface area contributed by atoms with E-state index >= 15 is 0 Å². The van der Waals surface area contributed by atoms with Crippen molar-refractivity contribution in [3.63, 3.8) is 0 Å². The number of rotatable bonds is 6. The Balaban J connectivity index is 4.82. The van der Waals surface area contributed by atoms with Gasteiger partial charge in [-0.1, -0.05) is 33.8 Å². The molecule has 0 saturated heterocycles. The van der Waals surface area contributed by atoms with Gasteiger partial charge in [-0.05, 0) is 24.6 Å². The Labute approximate surface area is 131 Å². The van der Waals surface area contributed by atoms with Crippen LogP contribution in [0.4, 0.5) is 0 Å². The lowest BCUT2D eigenvalue weighted by Crippen LogP contribution is -2.43. The van der Waals surface area contributed by atoms with E-state index in [-0.39, 0.29) is 17.1 Å². The average Bonchev–Trinajstić information content (AvgIpc) is 2.36. The molecule has 0 rings (SSSR count). The minimum Gasteiger partial charge on any atom is -0.466 e. The van der Waals surface area contributed by atoms with E-state index in [0.29, 0.717) is 12.8 Å². The smallest absolute Gasteiger partial charge is 0.330 e. The summed E-state index contributed by atoms with van der Waals surface area (Å²) in [6.45, 7) is 13.2. The highest BCUT2D eigenvalue weighted by Gasteiger charge is 2.38. The van der Waals surface area contributed by atoms with Gasteiger partial charge in [0, 0.05) is 18.9 Å². The first-order valence-electron chi connectivity index (χ1n) is 7.52. The van der Waals surface area contributed by atoms with Crippen molar-refractivity contribution >= 4 is 14.3 Å². The van der Waals surface area contributed by atoms with Crippen LogP contribution >= 0.6 is 0 Å². The van der Waals surface area contributed by atoms with Gasteiger partial charge < -0.3 is 9.16 Å². The van der Waals surface area contributed by atoms with E-state index in [1.54, 1.807) is 0 Å². The molecule has 0 aliphatic heterocycles. The van der Waals surface area contributed by atoms with Gasteiger partial charge in [-0.15, -0.1) is 11.8 Å². The zero-order valence-corrected chi connectivity index (χ0v) is 15.6. The number of carbonyl (C=O) groups excluding carboxylic acids is 1. The fraction of sp³-hybridized carbons (Fsp3) is 0.706. The molecule has 0 radical (unpaired) electrons. The SMILES string of the molecule is CCC#CC[C@H](C/C=C\C(=O)OC)O[Si](C)(C)C(C)(C)C. The molecule has 1 atom stereocenters. The van der Waals surface area contributed by atoms with E-state index in [1.807, 2.05) is 13.0 Å². The lowest BCUT2D eigenvalue weighted by molar-refractivity contribution is -0.134. The van der Waals surface area contributed by atoms with Crippen molar-refractivity contribution in [3.8, 4) is 11.8 Å². The molecule has 0 N–H and O–H groups in total. The van der Waals surface area contributed by atoms with Gasteiger partial charge in [-0.25, -0.2) is 4.79 Å². The zero-order chi connectivity index (χ0) is 16.5. The molecule has 0 aliphatic carbocycles. The van der Waals surface area contributed by atoms with Crippen LogP contribution in [0, 0.1) is 11.8 Å². The second-order valence-corrected chi connectivity index (χ2v) is 11.3. The molecular weight excluding hydrogens is 280 g/mol. The summed E-state index contributed by atoms with van der Waals surface area (Å²) in [4.78, 5) is 11.1. The van der Waals surface area contributed by atoms with Crippen molar-refractivity contribution in [2.45, 2.75) is 71.2 Å².